The molecule has 3 atom stereocenters. The zero-order chi connectivity index (χ0) is 34.2. The first-order chi connectivity index (χ1) is 21.7. The van der Waals surface area contributed by atoms with E-state index in [1.165, 1.54) is 11.9 Å². The molecule has 13 heteroatoms. The number of nitrogens with zero attached hydrogens (tertiary/aromatic N) is 2. The third-order valence-corrected chi connectivity index (χ3v) is 7.61. The van der Waals surface area contributed by atoms with Crippen LogP contribution in [0.4, 0.5) is 8.78 Å². The average molecular weight is 641 g/mol. The van der Waals surface area contributed by atoms with Crippen molar-refractivity contribution in [3.8, 4) is 11.1 Å². The fraction of sp³-hybridized carbons (Fsp3) is 0.394. The van der Waals surface area contributed by atoms with Gasteiger partial charge in [-0.05, 0) is 41.7 Å². The van der Waals surface area contributed by atoms with Gasteiger partial charge in [0.15, 0.2) is 0 Å². The molecule has 7 N–H and O–H groups in total. The van der Waals surface area contributed by atoms with Gasteiger partial charge in [-0.25, -0.2) is 8.78 Å². The van der Waals surface area contributed by atoms with E-state index >= 15 is 0 Å². The second-order valence-electron chi connectivity index (χ2n) is 12.2. The minimum absolute atomic E-state index is 0.0385. The van der Waals surface area contributed by atoms with Crippen LogP contribution in [0.5, 0.6) is 0 Å². The molecule has 0 bridgehead atoms. The van der Waals surface area contributed by atoms with Crippen LogP contribution in [-0.4, -0.2) is 70.5 Å². The van der Waals surface area contributed by atoms with Crippen molar-refractivity contribution in [2.45, 2.75) is 58.3 Å². The summed E-state index contributed by atoms with van der Waals surface area (Å²) in [4.78, 5) is 51.3. The Kier molecular flexibility index (Phi) is 12.2. The van der Waals surface area contributed by atoms with Crippen LogP contribution in [0.25, 0.3) is 11.1 Å². The number of halogens is 2. The number of rotatable bonds is 15. The van der Waals surface area contributed by atoms with E-state index in [2.05, 4.69) is 10.6 Å². The molecule has 0 saturated carbocycles. The maximum absolute atomic E-state index is 15.0. The summed E-state index contributed by atoms with van der Waals surface area (Å²) >= 11 is 0. The normalized spacial score (nSPS) is 13.5. The summed E-state index contributed by atoms with van der Waals surface area (Å²) in [6.07, 6.45) is 1.20. The van der Waals surface area contributed by atoms with Crippen molar-refractivity contribution in [1.29, 1.82) is 0 Å². The fourth-order valence-electron chi connectivity index (χ4n) is 5.52. The van der Waals surface area contributed by atoms with Gasteiger partial charge in [0.05, 0.1) is 24.5 Å². The van der Waals surface area contributed by atoms with Crippen LogP contribution in [0.2, 0.25) is 0 Å². The van der Waals surface area contributed by atoms with E-state index in [1.807, 2.05) is 55.7 Å². The van der Waals surface area contributed by atoms with E-state index < -0.39 is 71.8 Å². The van der Waals surface area contributed by atoms with Gasteiger partial charge in [-0.2, -0.15) is 0 Å². The van der Waals surface area contributed by atoms with Crippen molar-refractivity contribution >= 4 is 23.6 Å². The maximum atomic E-state index is 15.0. The molecule has 46 heavy (non-hydrogen) atoms. The highest BCUT2D eigenvalue weighted by Crippen LogP contribution is 2.41. The van der Waals surface area contributed by atoms with E-state index in [0.717, 1.165) is 23.8 Å². The maximum Gasteiger partial charge on any atom is 0.248 e. The molecule has 3 aromatic rings. The van der Waals surface area contributed by atoms with Gasteiger partial charge in [0.2, 0.25) is 23.6 Å². The second kappa shape index (κ2) is 15.6. The van der Waals surface area contributed by atoms with Crippen LogP contribution in [0.3, 0.4) is 0 Å². The Balaban J connectivity index is 2.13. The average Bonchev–Trinajstić information content (AvgIpc) is 3.39. The topological polar surface area (TPSA) is 173 Å². The summed E-state index contributed by atoms with van der Waals surface area (Å²) in [6, 6.07) is 11.2. The number of aromatic nitrogens is 1. The van der Waals surface area contributed by atoms with Crippen LogP contribution in [0.1, 0.15) is 50.9 Å². The van der Waals surface area contributed by atoms with Crippen molar-refractivity contribution in [3.05, 3.63) is 83.7 Å². The molecule has 11 nitrogen and oxygen atoms in total. The van der Waals surface area contributed by atoms with Gasteiger partial charge in [-0.15, -0.1) is 0 Å². The summed E-state index contributed by atoms with van der Waals surface area (Å²) in [5.41, 5.74) is 11.9. The first kappa shape index (κ1) is 35.9. The quantitative estimate of drug-likeness (QED) is 0.170. The van der Waals surface area contributed by atoms with E-state index in [0.29, 0.717) is 17.8 Å². The summed E-state index contributed by atoms with van der Waals surface area (Å²) < 4.78 is 31.1. The Labute approximate surface area is 266 Å². The van der Waals surface area contributed by atoms with Crippen molar-refractivity contribution in [3.63, 3.8) is 0 Å². The molecule has 1 heterocycles. The summed E-state index contributed by atoms with van der Waals surface area (Å²) in [5, 5.41) is 15.3. The minimum atomic E-state index is -1.24. The standard InChI is InChI=1S/C33H42F2N6O5/c1-33(2,3)30(41(29(44)19-42)13-12-25(32(46)38-4)39-26(31(37)45)16-28(36)43)27-14-21(23-15-22(34)10-11-24(23)35)18-40(27)17-20-8-6-5-7-9-20/h5-11,14-15,18,25-26,30,39,42H,12-13,16-17,19H2,1-4H3,(H2,36,43)(H2,37,45)(H,38,46)/t25-,26-,30-/m0/s1. The number of nitrogens with two attached hydrogens (primary N) is 2. The molecule has 0 radical (unpaired) electrons. The first-order valence-corrected chi connectivity index (χ1v) is 14.8. The first-order valence-electron chi connectivity index (χ1n) is 14.8. The van der Waals surface area contributed by atoms with Crippen LogP contribution < -0.4 is 22.1 Å². The van der Waals surface area contributed by atoms with E-state index in [1.54, 1.807) is 12.3 Å². The number of benzene rings is 2. The lowest BCUT2D eigenvalue weighted by Gasteiger charge is -2.41. The van der Waals surface area contributed by atoms with E-state index in [4.69, 9.17) is 11.5 Å². The number of amides is 4. The number of carbonyl (C=O) groups is 4. The Bertz CT molecular complexity index is 1540. The number of likely N-dealkylation sites (N-methyl/N-ethyl adjacent to an activating group) is 1. The van der Waals surface area contributed by atoms with E-state index in [9.17, 15) is 33.1 Å². The van der Waals surface area contributed by atoms with Gasteiger partial charge in [0.25, 0.3) is 0 Å². The molecule has 4 amide bonds. The van der Waals surface area contributed by atoms with Gasteiger partial charge in [-0.1, -0.05) is 51.1 Å². The second-order valence-corrected chi connectivity index (χ2v) is 12.2. The van der Waals surface area contributed by atoms with Gasteiger partial charge in [0.1, 0.15) is 18.2 Å². The molecule has 0 fully saturated rings. The van der Waals surface area contributed by atoms with Crippen LogP contribution in [0, 0.1) is 17.0 Å². The fourth-order valence-corrected chi connectivity index (χ4v) is 5.52. The highest BCUT2D eigenvalue weighted by Gasteiger charge is 2.38. The summed E-state index contributed by atoms with van der Waals surface area (Å²) in [7, 11) is 1.39. The predicted octanol–water partition coefficient (Wildman–Crippen LogP) is 2.21. The molecule has 1 aromatic heterocycles. The van der Waals surface area contributed by atoms with E-state index in [-0.39, 0.29) is 18.5 Å². The number of aliphatic hydroxyl groups is 1. The van der Waals surface area contributed by atoms with Crippen molar-refractivity contribution < 1.29 is 33.1 Å². The number of aliphatic hydroxyl groups excluding tert-OH is 1. The molecule has 0 saturated heterocycles. The Morgan fingerprint density at radius 2 is 1.67 bits per heavy atom. The van der Waals surface area contributed by atoms with Gasteiger partial charge < -0.3 is 31.4 Å². The highest BCUT2D eigenvalue weighted by molar-refractivity contribution is 5.88. The van der Waals surface area contributed by atoms with Crippen LogP contribution in [-0.2, 0) is 25.7 Å². The van der Waals surface area contributed by atoms with Crippen LogP contribution >= 0.6 is 0 Å². The molecule has 0 unspecified atom stereocenters. The zero-order valence-electron chi connectivity index (χ0n) is 26.4. The third kappa shape index (κ3) is 9.21. The Hall–Kier alpha value is -4.62. The molecule has 0 aliphatic rings. The monoisotopic (exact) mass is 640 g/mol. The number of carbonyl (C=O) groups excluding carboxylic acids is 4. The number of primary amides is 2. The predicted molar refractivity (Wildman–Crippen MR) is 169 cm³/mol. The highest BCUT2D eigenvalue weighted by atomic mass is 19.1. The molecule has 3 rings (SSSR count). The Morgan fingerprint density at radius 3 is 2.24 bits per heavy atom. The van der Waals surface area contributed by atoms with Crippen molar-refractivity contribution in [1.82, 2.24) is 20.1 Å². The smallest absolute Gasteiger partial charge is 0.248 e. The summed E-state index contributed by atoms with van der Waals surface area (Å²) in [6.45, 7) is 5.07. The molecule has 2 aromatic carbocycles. The molecule has 0 aliphatic carbocycles. The largest absolute Gasteiger partial charge is 0.387 e. The summed E-state index contributed by atoms with van der Waals surface area (Å²) in [5.74, 6) is -4.11. The van der Waals surface area contributed by atoms with Gasteiger partial charge in [-0.3, -0.25) is 24.5 Å². The number of hydrogen-bond donors (Lipinski definition) is 5. The van der Waals surface area contributed by atoms with Crippen molar-refractivity contribution in [2.24, 2.45) is 16.9 Å². The molecular weight excluding hydrogens is 598 g/mol. The molecule has 248 valence electrons. The SMILES string of the molecule is CNC(=O)[C@H](CCN(C(=O)CO)[C@@H](c1cc(-c2cc(F)ccc2F)cn1Cc1ccccc1)C(C)(C)C)N[C@@H](CC(N)=O)C(N)=O. The number of hydrogen-bond acceptors (Lipinski definition) is 6. The lowest BCUT2D eigenvalue weighted by atomic mass is 9.82. The zero-order valence-corrected chi connectivity index (χ0v) is 26.4. The minimum Gasteiger partial charge on any atom is -0.387 e. The third-order valence-electron chi connectivity index (χ3n) is 7.61. The molecule has 0 spiro atoms. The van der Waals surface area contributed by atoms with Crippen LogP contribution in [0.15, 0.2) is 60.8 Å². The number of nitrogens with one attached hydrogen (secondary N) is 2. The van der Waals surface area contributed by atoms with Crippen molar-refractivity contribution in [2.75, 3.05) is 20.2 Å². The lowest BCUT2D eigenvalue weighted by Crippen LogP contribution is -2.54. The molecular formula is C33H42F2N6O5. The van der Waals surface area contributed by atoms with Gasteiger partial charge >= 0.3 is 0 Å². The lowest BCUT2D eigenvalue weighted by molar-refractivity contribution is -0.140. The molecule has 0 aliphatic heterocycles. The Morgan fingerprint density at radius 1 is 1.00 bits per heavy atom. The van der Waals surface area contributed by atoms with Gasteiger partial charge in [0, 0.05) is 43.2 Å².